The van der Waals surface area contributed by atoms with Crippen LogP contribution in [0.4, 0.5) is 14.4 Å². The van der Waals surface area contributed by atoms with Crippen LogP contribution in [0, 0.1) is 0 Å². The normalized spacial score (nSPS) is 11.7. The standard InChI is InChI=1S/C14H15NO4.C10H18O5/c1-14(2,3)19-13(18)15-10-7-5-4-6-9(10)8-11(15)12(16)17;1-9(2,3)14-7(11)13-8(12)15-10(4,5)6/h4-8H,1-3H3,(H,16,17);1-6H3. The molecule has 0 aliphatic rings. The molecule has 188 valence electrons. The minimum atomic E-state index is -1.16. The number of carboxylic acid groups (broad SMARTS) is 1. The van der Waals surface area contributed by atoms with Gasteiger partial charge in [-0.05, 0) is 74.4 Å². The lowest BCUT2D eigenvalue weighted by molar-refractivity contribution is -0.0294. The monoisotopic (exact) mass is 479 g/mol. The molecule has 0 aliphatic heterocycles. The van der Waals surface area contributed by atoms with Gasteiger partial charge in [-0.2, -0.15) is 0 Å². The van der Waals surface area contributed by atoms with Gasteiger partial charge in [-0.25, -0.2) is 23.7 Å². The summed E-state index contributed by atoms with van der Waals surface area (Å²) in [7, 11) is 0. The number of hydrogen-bond donors (Lipinski definition) is 1. The van der Waals surface area contributed by atoms with Crippen LogP contribution >= 0.6 is 0 Å². The fourth-order valence-electron chi connectivity index (χ4n) is 2.43. The summed E-state index contributed by atoms with van der Waals surface area (Å²) in [6, 6.07) is 8.43. The minimum Gasteiger partial charge on any atom is -0.477 e. The fraction of sp³-hybridized carbons (Fsp3) is 0.500. The highest BCUT2D eigenvalue weighted by Gasteiger charge is 2.25. The number of carboxylic acids is 1. The molecular formula is C24H33NO9. The molecule has 0 bridgehead atoms. The van der Waals surface area contributed by atoms with Crippen molar-refractivity contribution in [3.05, 3.63) is 36.0 Å². The number of benzene rings is 1. The smallest absolute Gasteiger partial charge is 0.477 e. The third-order valence-corrected chi connectivity index (χ3v) is 3.45. The summed E-state index contributed by atoms with van der Waals surface area (Å²) in [5.74, 6) is -1.16. The number of nitrogens with zero attached hydrogens (tertiary/aromatic N) is 1. The molecule has 0 atom stereocenters. The zero-order valence-electron chi connectivity index (χ0n) is 21.0. The van der Waals surface area contributed by atoms with Crippen LogP contribution in [0.2, 0.25) is 0 Å². The van der Waals surface area contributed by atoms with Crippen molar-refractivity contribution in [1.29, 1.82) is 0 Å². The summed E-state index contributed by atoms with van der Waals surface area (Å²) in [6.07, 6.45) is -2.81. The van der Waals surface area contributed by atoms with Crippen molar-refractivity contribution in [2.75, 3.05) is 0 Å². The highest BCUT2D eigenvalue weighted by atomic mass is 16.8. The lowest BCUT2D eigenvalue weighted by atomic mass is 10.2. The van der Waals surface area contributed by atoms with Crippen molar-refractivity contribution in [3.8, 4) is 0 Å². The Kier molecular flexibility index (Phi) is 8.86. The second-order valence-electron chi connectivity index (χ2n) is 10.2. The Morgan fingerprint density at radius 1 is 0.735 bits per heavy atom. The highest BCUT2D eigenvalue weighted by molar-refractivity contribution is 6.00. The van der Waals surface area contributed by atoms with Crippen molar-refractivity contribution in [3.63, 3.8) is 0 Å². The number of aromatic carboxylic acids is 1. The summed E-state index contributed by atoms with van der Waals surface area (Å²) in [6.45, 7) is 15.2. The summed E-state index contributed by atoms with van der Waals surface area (Å²) in [5, 5.41) is 9.87. The van der Waals surface area contributed by atoms with Crippen LogP contribution in [0.3, 0.4) is 0 Å². The molecule has 0 saturated carbocycles. The number of ether oxygens (including phenoxy) is 4. The Morgan fingerprint density at radius 2 is 1.18 bits per heavy atom. The van der Waals surface area contributed by atoms with E-state index in [9.17, 15) is 24.3 Å². The molecule has 1 heterocycles. The summed E-state index contributed by atoms with van der Waals surface area (Å²) >= 11 is 0. The van der Waals surface area contributed by atoms with E-state index in [2.05, 4.69) is 4.74 Å². The molecular weight excluding hydrogens is 446 g/mol. The molecule has 34 heavy (non-hydrogen) atoms. The maximum absolute atomic E-state index is 12.1. The number of rotatable bonds is 1. The van der Waals surface area contributed by atoms with Crippen molar-refractivity contribution in [2.24, 2.45) is 0 Å². The Labute approximate surface area is 198 Å². The SMILES string of the molecule is CC(C)(C)OC(=O)OC(=O)OC(C)(C)C.CC(C)(C)OC(=O)n1c(C(=O)O)cc2ccccc21. The van der Waals surface area contributed by atoms with Gasteiger partial charge in [-0.1, -0.05) is 18.2 Å². The van der Waals surface area contributed by atoms with Gasteiger partial charge < -0.3 is 24.1 Å². The quantitative estimate of drug-likeness (QED) is 0.297. The Morgan fingerprint density at radius 3 is 1.59 bits per heavy atom. The number of para-hydroxylation sites is 1. The average Bonchev–Trinajstić information content (AvgIpc) is 2.97. The molecule has 1 aromatic heterocycles. The number of hydrogen-bond acceptors (Lipinski definition) is 8. The number of carbonyl (C=O) groups excluding carboxylic acids is 3. The van der Waals surface area contributed by atoms with Gasteiger partial charge in [0.1, 0.15) is 22.5 Å². The molecule has 10 heteroatoms. The summed E-state index contributed by atoms with van der Waals surface area (Å²) < 4.78 is 20.1. The zero-order valence-corrected chi connectivity index (χ0v) is 21.0. The van der Waals surface area contributed by atoms with E-state index >= 15 is 0 Å². The van der Waals surface area contributed by atoms with Crippen LogP contribution in [0.25, 0.3) is 10.9 Å². The molecule has 0 spiro atoms. The topological polar surface area (TPSA) is 130 Å². The van der Waals surface area contributed by atoms with Gasteiger partial charge >= 0.3 is 24.4 Å². The van der Waals surface area contributed by atoms with Gasteiger partial charge in [0.2, 0.25) is 0 Å². The third kappa shape index (κ3) is 9.93. The fourth-order valence-corrected chi connectivity index (χ4v) is 2.43. The van der Waals surface area contributed by atoms with E-state index in [1.54, 1.807) is 86.6 Å². The van der Waals surface area contributed by atoms with Crippen molar-refractivity contribution in [2.45, 2.75) is 79.1 Å². The van der Waals surface area contributed by atoms with Gasteiger partial charge in [0.15, 0.2) is 0 Å². The van der Waals surface area contributed by atoms with E-state index in [0.717, 1.165) is 4.57 Å². The molecule has 0 unspecified atom stereocenters. The van der Waals surface area contributed by atoms with E-state index in [1.807, 2.05) is 0 Å². The van der Waals surface area contributed by atoms with Crippen LogP contribution < -0.4 is 0 Å². The number of carbonyl (C=O) groups is 4. The lowest BCUT2D eigenvalue weighted by Crippen LogP contribution is -2.29. The van der Waals surface area contributed by atoms with Crippen molar-refractivity contribution in [1.82, 2.24) is 4.57 Å². The van der Waals surface area contributed by atoms with E-state index in [-0.39, 0.29) is 5.69 Å². The van der Waals surface area contributed by atoms with E-state index in [4.69, 9.17) is 14.2 Å². The lowest BCUT2D eigenvalue weighted by Gasteiger charge is -2.20. The first kappa shape index (κ1) is 28.5. The maximum atomic E-state index is 12.1. The average molecular weight is 480 g/mol. The van der Waals surface area contributed by atoms with Crippen LogP contribution in [0.1, 0.15) is 72.8 Å². The summed E-state index contributed by atoms with van der Waals surface area (Å²) in [5.41, 5.74) is -1.65. The van der Waals surface area contributed by atoms with Gasteiger partial charge in [0, 0.05) is 5.39 Å². The first-order valence-corrected chi connectivity index (χ1v) is 10.5. The summed E-state index contributed by atoms with van der Waals surface area (Å²) in [4.78, 5) is 45.4. The van der Waals surface area contributed by atoms with Crippen LogP contribution in [0.15, 0.2) is 30.3 Å². The minimum absolute atomic E-state index is 0.101. The van der Waals surface area contributed by atoms with Crippen LogP contribution in [-0.4, -0.2) is 50.9 Å². The predicted molar refractivity (Wildman–Crippen MR) is 124 cm³/mol. The molecule has 0 radical (unpaired) electrons. The van der Waals surface area contributed by atoms with Gasteiger partial charge in [0.25, 0.3) is 0 Å². The number of fused-ring (bicyclic) bond motifs is 1. The van der Waals surface area contributed by atoms with Gasteiger partial charge in [-0.3, -0.25) is 0 Å². The van der Waals surface area contributed by atoms with Crippen LogP contribution in [-0.2, 0) is 18.9 Å². The molecule has 2 rings (SSSR count). The second-order valence-corrected chi connectivity index (χ2v) is 10.2. The Bertz CT molecular complexity index is 1020. The zero-order chi connectivity index (χ0) is 26.5. The largest absolute Gasteiger partial charge is 0.519 e. The second kappa shape index (κ2) is 10.6. The van der Waals surface area contributed by atoms with Gasteiger partial charge in [0.05, 0.1) is 5.52 Å². The van der Waals surface area contributed by atoms with E-state index in [1.165, 1.54) is 6.07 Å². The van der Waals surface area contributed by atoms with Crippen molar-refractivity contribution >= 4 is 35.3 Å². The van der Waals surface area contributed by atoms with Crippen LogP contribution in [0.5, 0.6) is 0 Å². The Hall–Kier alpha value is -3.56. The van der Waals surface area contributed by atoms with Gasteiger partial charge in [-0.15, -0.1) is 0 Å². The highest BCUT2D eigenvalue weighted by Crippen LogP contribution is 2.22. The van der Waals surface area contributed by atoms with E-state index in [0.29, 0.717) is 10.9 Å². The molecule has 1 N–H and O–H groups in total. The molecule has 2 aromatic rings. The first-order chi connectivity index (χ1) is 15.3. The molecule has 0 saturated heterocycles. The molecule has 0 amide bonds. The Balaban J connectivity index is 0.000000352. The van der Waals surface area contributed by atoms with E-state index < -0.39 is 41.2 Å². The molecule has 10 nitrogen and oxygen atoms in total. The molecule has 0 aliphatic carbocycles. The maximum Gasteiger partial charge on any atom is 0.519 e. The number of aromatic nitrogens is 1. The first-order valence-electron chi connectivity index (χ1n) is 10.5. The van der Waals surface area contributed by atoms with Crippen molar-refractivity contribution < 1.29 is 43.2 Å². The third-order valence-electron chi connectivity index (χ3n) is 3.45. The predicted octanol–water partition coefficient (Wildman–Crippen LogP) is 6.00. The molecule has 0 fully saturated rings. The molecule has 1 aromatic carbocycles.